The molecule has 0 N–H and O–H groups in total. The van der Waals surface area contributed by atoms with Crippen LogP contribution in [0, 0.1) is 5.92 Å². The smallest absolute Gasteiger partial charge is 0.325 e. The van der Waals surface area contributed by atoms with E-state index in [4.69, 9.17) is 4.74 Å². The molecule has 148 valence electrons. The summed E-state index contributed by atoms with van der Waals surface area (Å²) in [5.74, 6) is -1.09. The quantitative estimate of drug-likeness (QED) is 0.573. The summed E-state index contributed by atoms with van der Waals surface area (Å²) in [5, 5.41) is 0. The number of fused-ring (bicyclic) bond motifs is 1. The monoisotopic (exact) mass is 384 g/mol. The van der Waals surface area contributed by atoms with Crippen LogP contribution in [0.3, 0.4) is 0 Å². The molecule has 2 atom stereocenters. The first-order valence-electron chi connectivity index (χ1n) is 9.85. The van der Waals surface area contributed by atoms with E-state index in [0.29, 0.717) is 23.5 Å². The number of esters is 1. The van der Waals surface area contributed by atoms with Crippen LogP contribution in [0.25, 0.3) is 0 Å². The number of nitrogens with zero attached hydrogens (tertiary/aromatic N) is 2. The Bertz CT molecular complexity index is 797. The van der Waals surface area contributed by atoms with Crippen molar-refractivity contribution < 1.29 is 23.9 Å². The highest BCUT2D eigenvalue weighted by molar-refractivity contribution is 6.22. The first-order valence-corrected chi connectivity index (χ1v) is 9.85. The van der Waals surface area contributed by atoms with E-state index in [0.717, 1.165) is 37.0 Å². The molecule has 3 aliphatic rings. The second-order valence-corrected chi connectivity index (χ2v) is 7.85. The minimum Gasteiger partial charge on any atom is -0.468 e. The van der Waals surface area contributed by atoms with E-state index >= 15 is 0 Å². The van der Waals surface area contributed by atoms with Crippen molar-refractivity contribution in [3.63, 3.8) is 0 Å². The standard InChI is InChI=1S/C21H24N2O5/c1-28-18(24)12-22-14(11-13-9-10-13)5-4-8-17(21(22)27)23-19(25)15-6-2-3-7-16(15)20(23)26/h2-3,6-7,13-14,17H,4-5,8-12H2,1H3/t14-,17+/m1/s1. The summed E-state index contributed by atoms with van der Waals surface area (Å²) in [6.07, 6.45) is 5.07. The number of carbonyl (C=O) groups is 4. The molecule has 2 aliphatic heterocycles. The highest BCUT2D eigenvalue weighted by atomic mass is 16.5. The van der Waals surface area contributed by atoms with Gasteiger partial charge in [-0.25, -0.2) is 0 Å². The summed E-state index contributed by atoms with van der Waals surface area (Å²) in [5.41, 5.74) is 0.664. The molecule has 2 fully saturated rings. The van der Waals surface area contributed by atoms with Crippen LogP contribution in [0.5, 0.6) is 0 Å². The van der Waals surface area contributed by atoms with Crippen molar-refractivity contribution in [2.45, 2.75) is 50.6 Å². The lowest BCUT2D eigenvalue weighted by Gasteiger charge is -2.33. The molecule has 2 heterocycles. The fourth-order valence-corrected chi connectivity index (χ4v) is 4.32. The van der Waals surface area contributed by atoms with Gasteiger partial charge in [-0.3, -0.25) is 24.1 Å². The molecule has 0 aromatic heterocycles. The van der Waals surface area contributed by atoms with Crippen LogP contribution in [0.4, 0.5) is 0 Å². The molecule has 4 rings (SSSR count). The lowest BCUT2D eigenvalue weighted by Crippen LogP contribution is -2.53. The number of rotatable bonds is 5. The van der Waals surface area contributed by atoms with Gasteiger partial charge in [0.05, 0.1) is 18.2 Å². The Labute approximate surface area is 163 Å². The van der Waals surface area contributed by atoms with Crippen LogP contribution in [0.15, 0.2) is 24.3 Å². The second-order valence-electron chi connectivity index (χ2n) is 7.85. The van der Waals surface area contributed by atoms with Gasteiger partial charge in [-0.1, -0.05) is 25.0 Å². The van der Waals surface area contributed by atoms with Gasteiger partial charge in [0.25, 0.3) is 11.8 Å². The largest absolute Gasteiger partial charge is 0.468 e. The number of hydrogen-bond acceptors (Lipinski definition) is 5. The van der Waals surface area contributed by atoms with E-state index < -0.39 is 23.8 Å². The first kappa shape index (κ1) is 18.7. The highest BCUT2D eigenvalue weighted by Crippen LogP contribution is 2.38. The molecule has 1 saturated heterocycles. The van der Waals surface area contributed by atoms with Crippen LogP contribution in [-0.4, -0.2) is 59.2 Å². The van der Waals surface area contributed by atoms with Gasteiger partial charge in [0.15, 0.2) is 0 Å². The predicted molar refractivity (Wildman–Crippen MR) is 99.4 cm³/mol. The molecule has 3 amide bonds. The zero-order valence-electron chi connectivity index (χ0n) is 15.9. The van der Waals surface area contributed by atoms with Gasteiger partial charge >= 0.3 is 5.97 Å². The Morgan fingerprint density at radius 2 is 1.68 bits per heavy atom. The summed E-state index contributed by atoms with van der Waals surface area (Å²) in [6.45, 7) is -0.146. The number of ether oxygens (including phenoxy) is 1. The van der Waals surface area contributed by atoms with Crippen molar-refractivity contribution in [3.8, 4) is 0 Å². The number of likely N-dealkylation sites (tertiary alicyclic amines) is 1. The Morgan fingerprint density at radius 3 is 2.25 bits per heavy atom. The molecule has 1 aliphatic carbocycles. The Morgan fingerprint density at radius 1 is 1.04 bits per heavy atom. The fourth-order valence-electron chi connectivity index (χ4n) is 4.32. The van der Waals surface area contributed by atoms with E-state index in [-0.39, 0.29) is 18.5 Å². The molecular weight excluding hydrogens is 360 g/mol. The van der Waals surface area contributed by atoms with Crippen LogP contribution >= 0.6 is 0 Å². The third kappa shape index (κ3) is 3.30. The zero-order valence-corrected chi connectivity index (χ0v) is 15.9. The summed E-state index contributed by atoms with van der Waals surface area (Å²) in [4.78, 5) is 53.7. The van der Waals surface area contributed by atoms with E-state index in [9.17, 15) is 19.2 Å². The van der Waals surface area contributed by atoms with Crippen LogP contribution < -0.4 is 0 Å². The summed E-state index contributed by atoms with van der Waals surface area (Å²) in [7, 11) is 1.29. The predicted octanol–water partition coefficient (Wildman–Crippen LogP) is 2.01. The van der Waals surface area contributed by atoms with Gasteiger partial charge in [0.2, 0.25) is 5.91 Å². The highest BCUT2D eigenvalue weighted by Gasteiger charge is 2.46. The topological polar surface area (TPSA) is 84.0 Å². The van der Waals surface area contributed by atoms with Crippen molar-refractivity contribution in [1.29, 1.82) is 0 Å². The maximum absolute atomic E-state index is 13.4. The van der Waals surface area contributed by atoms with Gasteiger partial charge in [0.1, 0.15) is 12.6 Å². The number of carbonyl (C=O) groups excluding carboxylic acids is 4. The molecule has 1 saturated carbocycles. The van der Waals surface area contributed by atoms with E-state index in [1.807, 2.05) is 0 Å². The van der Waals surface area contributed by atoms with Crippen molar-refractivity contribution in [3.05, 3.63) is 35.4 Å². The molecule has 1 aromatic rings. The maximum Gasteiger partial charge on any atom is 0.325 e. The molecule has 7 nitrogen and oxygen atoms in total. The Kier molecular flexibility index (Phi) is 4.91. The Balaban J connectivity index is 1.62. The van der Waals surface area contributed by atoms with Gasteiger partial charge in [-0.15, -0.1) is 0 Å². The third-order valence-corrected chi connectivity index (χ3v) is 5.99. The normalized spacial score (nSPS) is 25.0. The number of imide groups is 1. The number of benzene rings is 1. The van der Waals surface area contributed by atoms with Crippen LogP contribution in [0.2, 0.25) is 0 Å². The fraction of sp³-hybridized carbons (Fsp3) is 0.524. The average molecular weight is 384 g/mol. The summed E-state index contributed by atoms with van der Waals surface area (Å²) < 4.78 is 4.78. The van der Waals surface area contributed by atoms with Gasteiger partial charge < -0.3 is 9.64 Å². The van der Waals surface area contributed by atoms with E-state index in [2.05, 4.69) is 0 Å². The molecule has 7 heteroatoms. The third-order valence-electron chi connectivity index (χ3n) is 5.99. The zero-order chi connectivity index (χ0) is 19.8. The molecule has 1 aromatic carbocycles. The van der Waals surface area contributed by atoms with Crippen molar-refractivity contribution >= 4 is 23.7 Å². The van der Waals surface area contributed by atoms with Crippen LogP contribution in [-0.2, 0) is 14.3 Å². The number of amides is 3. The first-order chi connectivity index (χ1) is 13.5. The molecular formula is C21H24N2O5. The molecule has 28 heavy (non-hydrogen) atoms. The summed E-state index contributed by atoms with van der Waals surface area (Å²) in [6, 6.07) is 5.70. The minimum atomic E-state index is -0.874. The van der Waals surface area contributed by atoms with Crippen LogP contribution in [0.1, 0.15) is 59.2 Å². The molecule has 0 bridgehead atoms. The maximum atomic E-state index is 13.4. The molecule has 0 unspecified atom stereocenters. The summed E-state index contributed by atoms with van der Waals surface area (Å²) >= 11 is 0. The SMILES string of the molecule is COC(=O)CN1C(=O)[C@@H](N2C(=O)c3ccccc3C2=O)CCC[C@@H]1CC1CC1. The minimum absolute atomic E-state index is 0.0562. The lowest BCUT2D eigenvalue weighted by atomic mass is 10.0. The molecule has 0 spiro atoms. The molecule has 0 radical (unpaired) electrons. The lowest BCUT2D eigenvalue weighted by molar-refractivity contribution is -0.150. The van der Waals surface area contributed by atoms with E-state index in [1.165, 1.54) is 7.11 Å². The van der Waals surface area contributed by atoms with Crippen molar-refractivity contribution in [2.75, 3.05) is 13.7 Å². The second kappa shape index (κ2) is 7.37. The van der Waals surface area contributed by atoms with Crippen molar-refractivity contribution in [2.24, 2.45) is 5.92 Å². The van der Waals surface area contributed by atoms with Crippen molar-refractivity contribution in [1.82, 2.24) is 9.80 Å². The Hall–Kier alpha value is -2.70. The number of hydrogen-bond donors (Lipinski definition) is 0. The van der Waals surface area contributed by atoms with Gasteiger partial charge in [0, 0.05) is 6.04 Å². The average Bonchev–Trinajstić information content (AvgIpc) is 3.50. The van der Waals surface area contributed by atoms with Gasteiger partial charge in [-0.05, 0) is 43.7 Å². The number of methoxy groups -OCH3 is 1. The van der Waals surface area contributed by atoms with E-state index in [1.54, 1.807) is 29.2 Å². The van der Waals surface area contributed by atoms with Gasteiger partial charge in [-0.2, -0.15) is 0 Å².